The van der Waals surface area contributed by atoms with Crippen LogP contribution in [0, 0.1) is 0 Å². The summed E-state index contributed by atoms with van der Waals surface area (Å²) in [6, 6.07) is 8.68. The largest absolute Gasteiger partial charge is 0.490 e. The molecular weight excluding hydrogens is 254 g/mol. The third-order valence-electron chi connectivity index (χ3n) is 2.91. The molecule has 0 radical (unpaired) electrons. The first kappa shape index (κ1) is 11.0. The molecule has 0 saturated heterocycles. The van der Waals surface area contributed by atoms with E-state index < -0.39 is 0 Å². The molecule has 2 rings (SSSR count). The predicted molar refractivity (Wildman–Crippen MR) is 65.3 cm³/mol. The van der Waals surface area contributed by atoms with Crippen molar-refractivity contribution in [2.45, 2.75) is 31.4 Å². The zero-order valence-electron chi connectivity index (χ0n) is 8.87. The number of nitrogens with one attached hydrogen (secondary N) is 1. The van der Waals surface area contributed by atoms with Gasteiger partial charge < -0.3 is 10.1 Å². The van der Waals surface area contributed by atoms with E-state index in [1.807, 2.05) is 31.3 Å². The van der Waals surface area contributed by atoms with E-state index in [-0.39, 0.29) is 0 Å². The molecule has 0 aliphatic heterocycles. The Hall–Kier alpha value is -0.540. The Morgan fingerprint density at radius 1 is 1.27 bits per heavy atom. The van der Waals surface area contributed by atoms with E-state index in [1.165, 1.54) is 6.42 Å². The number of hydrogen-bond acceptors (Lipinski definition) is 2. The summed E-state index contributed by atoms with van der Waals surface area (Å²) >= 11 is 3.41. The van der Waals surface area contributed by atoms with E-state index in [2.05, 4.69) is 21.2 Å². The van der Waals surface area contributed by atoms with E-state index in [1.54, 1.807) is 0 Å². The van der Waals surface area contributed by atoms with Crippen molar-refractivity contribution in [1.82, 2.24) is 5.32 Å². The molecule has 1 aromatic rings. The number of benzene rings is 1. The van der Waals surface area contributed by atoms with Crippen molar-refractivity contribution in [2.75, 3.05) is 7.05 Å². The van der Waals surface area contributed by atoms with Crippen LogP contribution < -0.4 is 10.1 Å². The summed E-state index contributed by atoms with van der Waals surface area (Å²) in [5, 5.41) is 3.30. The molecule has 1 aliphatic carbocycles. The monoisotopic (exact) mass is 269 g/mol. The van der Waals surface area contributed by atoms with Crippen LogP contribution in [-0.2, 0) is 0 Å². The highest BCUT2D eigenvalue weighted by atomic mass is 79.9. The van der Waals surface area contributed by atoms with E-state index in [4.69, 9.17) is 4.74 Å². The Kier molecular flexibility index (Phi) is 3.65. The summed E-state index contributed by atoms with van der Waals surface area (Å²) in [6.45, 7) is 0. The van der Waals surface area contributed by atoms with Gasteiger partial charge in [-0.1, -0.05) is 15.9 Å². The van der Waals surface area contributed by atoms with Gasteiger partial charge in [-0.25, -0.2) is 0 Å². The maximum absolute atomic E-state index is 5.90. The summed E-state index contributed by atoms with van der Waals surface area (Å²) in [5.41, 5.74) is 0. The molecule has 0 heterocycles. The molecule has 1 aromatic carbocycles. The zero-order chi connectivity index (χ0) is 10.7. The average molecular weight is 270 g/mol. The van der Waals surface area contributed by atoms with Crippen LogP contribution in [0.3, 0.4) is 0 Å². The Bertz CT molecular complexity index is 312. The molecule has 0 bridgehead atoms. The molecule has 0 spiro atoms. The number of ether oxygens (including phenoxy) is 1. The minimum atomic E-state index is 0.378. The van der Waals surface area contributed by atoms with Gasteiger partial charge in [0.15, 0.2) is 0 Å². The summed E-state index contributed by atoms with van der Waals surface area (Å²) in [5.74, 6) is 0.972. The van der Waals surface area contributed by atoms with Crippen molar-refractivity contribution in [3.05, 3.63) is 28.7 Å². The lowest BCUT2D eigenvalue weighted by Gasteiger charge is -2.13. The van der Waals surface area contributed by atoms with Crippen molar-refractivity contribution in [2.24, 2.45) is 0 Å². The second kappa shape index (κ2) is 4.99. The van der Waals surface area contributed by atoms with Crippen LogP contribution in [-0.4, -0.2) is 19.2 Å². The molecule has 1 N–H and O–H groups in total. The minimum Gasteiger partial charge on any atom is -0.490 e. The molecule has 3 heteroatoms. The molecule has 1 saturated carbocycles. The van der Waals surface area contributed by atoms with Crippen LogP contribution in [0.1, 0.15) is 19.3 Å². The number of rotatable bonds is 3. The molecular formula is C12H16BrNO. The minimum absolute atomic E-state index is 0.378. The van der Waals surface area contributed by atoms with Crippen LogP contribution in [0.4, 0.5) is 0 Å². The molecule has 1 fully saturated rings. The van der Waals surface area contributed by atoms with Gasteiger partial charge in [-0.15, -0.1) is 0 Å². The van der Waals surface area contributed by atoms with Crippen LogP contribution in [0.25, 0.3) is 0 Å². The normalized spacial score (nSPS) is 25.5. The van der Waals surface area contributed by atoms with Crippen molar-refractivity contribution in [3.63, 3.8) is 0 Å². The number of halogens is 1. The van der Waals surface area contributed by atoms with Crippen LogP contribution in [0.5, 0.6) is 5.75 Å². The summed E-state index contributed by atoms with van der Waals surface area (Å²) in [6.07, 6.45) is 3.87. The molecule has 2 atom stereocenters. The van der Waals surface area contributed by atoms with Crippen LogP contribution in [0.15, 0.2) is 28.7 Å². The zero-order valence-corrected chi connectivity index (χ0v) is 10.5. The Balaban J connectivity index is 1.90. The first-order valence-corrected chi connectivity index (χ1v) is 6.16. The fourth-order valence-corrected chi connectivity index (χ4v) is 2.28. The quantitative estimate of drug-likeness (QED) is 0.911. The fraction of sp³-hybridized carbons (Fsp3) is 0.500. The topological polar surface area (TPSA) is 21.3 Å². The Morgan fingerprint density at radius 2 is 2.00 bits per heavy atom. The summed E-state index contributed by atoms with van der Waals surface area (Å²) in [4.78, 5) is 0. The average Bonchev–Trinajstić information content (AvgIpc) is 2.69. The fourth-order valence-electron chi connectivity index (χ4n) is 2.01. The van der Waals surface area contributed by atoms with E-state index in [0.29, 0.717) is 12.1 Å². The third-order valence-corrected chi connectivity index (χ3v) is 3.44. The predicted octanol–water partition coefficient (Wildman–Crippen LogP) is 2.97. The highest BCUT2D eigenvalue weighted by Gasteiger charge is 2.24. The van der Waals surface area contributed by atoms with Crippen LogP contribution in [0.2, 0.25) is 0 Å². The number of hydrogen-bond donors (Lipinski definition) is 1. The highest BCUT2D eigenvalue weighted by Crippen LogP contribution is 2.25. The molecule has 15 heavy (non-hydrogen) atoms. The van der Waals surface area contributed by atoms with Crippen molar-refractivity contribution >= 4 is 15.9 Å². The van der Waals surface area contributed by atoms with Gasteiger partial charge in [0, 0.05) is 10.5 Å². The van der Waals surface area contributed by atoms with E-state index >= 15 is 0 Å². The van der Waals surface area contributed by atoms with Crippen molar-refractivity contribution in [1.29, 1.82) is 0 Å². The van der Waals surface area contributed by atoms with Gasteiger partial charge >= 0.3 is 0 Å². The smallest absolute Gasteiger partial charge is 0.119 e. The maximum Gasteiger partial charge on any atom is 0.119 e. The van der Waals surface area contributed by atoms with E-state index in [0.717, 1.165) is 23.1 Å². The van der Waals surface area contributed by atoms with Gasteiger partial charge in [0.1, 0.15) is 11.9 Å². The Labute approximate surface area is 99.1 Å². The maximum atomic E-state index is 5.90. The van der Waals surface area contributed by atoms with Gasteiger partial charge in [0.05, 0.1) is 0 Å². The van der Waals surface area contributed by atoms with Gasteiger partial charge in [-0.2, -0.15) is 0 Å². The highest BCUT2D eigenvalue weighted by molar-refractivity contribution is 9.10. The standard InChI is InChI=1S/C12H16BrNO/c1-14-10-4-7-12(8-10)15-11-5-2-9(13)3-6-11/h2-3,5-6,10,12,14H,4,7-8H2,1H3. The lowest BCUT2D eigenvalue weighted by atomic mass is 10.2. The third kappa shape index (κ3) is 2.95. The SMILES string of the molecule is CNC1CCC(Oc2ccc(Br)cc2)C1. The first-order chi connectivity index (χ1) is 7.28. The second-order valence-corrected chi connectivity index (χ2v) is 4.91. The molecule has 82 valence electrons. The van der Waals surface area contributed by atoms with Crippen molar-refractivity contribution < 1.29 is 4.74 Å². The van der Waals surface area contributed by atoms with Crippen molar-refractivity contribution in [3.8, 4) is 5.75 Å². The molecule has 0 amide bonds. The van der Waals surface area contributed by atoms with Gasteiger partial charge in [-0.3, -0.25) is 0 Å². The van der Waals surface area contributed by atoms with Crippen LogP contribution >= 0.6 is 15.9 Å². The lowest BCUT2D eigenvalue weighted by Crippen LogP contribution is -2.23. The lowest BCUT2D eigenvalue weighted by molar-refractivity contribution is 0.206. The second-order valence-electron chi connectivity index (χ2n) is 3.99. The Morgan fingerprint density at radius 3 is 2.60 bits per heavy atom. The molecule has 2 nitrogen and oxygen atoms in total. The molecule has 1 aliphatic rings. The summed E-state index contributed by atoms with van der Waals surface area (Å²) < 4.78 is 6.99. The first-order valence-electron chi connectivity index (χ1n) is 5.37. The van der Waals surface area contributed by atoms with Gasteiger partial charge in [0.2, 0.25) is 0 Å². The van der Waals surface area contributed by atoms with E-state index in [9.17, 15) is 0 Å². The summed E-state index contributed by atoms with van der Waals surface area (Å²) in [7, 11) is 2.02. The molecule has 0 aromatic heterocycles. The van der Waals surface area contributed by atoms with Gasteiger partial charge in [0.25, 0.3) is 0 Å². The van der Waals surface area contributed by atoms with Gasteiger partial charge in [-0.05, 0) is 50.6 Å². The molecule has 2 unspecified atom stereocenters.